The van der Waals surface area contributed by atoms with Crippen LogP contribution in [0.15, 0.2) is 66.9 Å². The molecule has 2 aromatic heterocycles. The number of nitrogens with zero attached hydrogens (tertiary/aromatic N) is 4. The molecule has 2 N–H and O–H groups in total. The Labute approximate surface area is 222 Å². The third-order valence-electron chi connectivity index (χ3n) is 7.42. The van der Waals surface area contributed by atoms with Crippen LogP contribution in [-0.2, 0) is 17.8 Å². The Hall–Kier alpha value is -3.78. The molecule has 0 saturated carbocycles. The van der Waals surface area contributed by atoms with Crippen LogP contribution in [0.2, 0.25) is 0 Å². The van der Waals surface area contributed by atoms with Gasteiger partial charge in [0.15, 0.2) is 5.65 Å². The number of aryl methyl sites for hydroxylation is 1. The highest BCUT2D eigenvalue weighted by molar-refractivity contribution is 5.77. The quantitative estimate of drug-likeness (QED) is 0.339. The highest BCUT2D eigenvalue weighted by Gasteiger charge is 2.19. The fourth-order valence-corrected chi connectivity index (χ4v) is 5.10. The third-order valence-corrected chi connectivity index (χ3v) is 7.42. The van der Waals surface area contributed by atoms with Crippen LogP contribution in [0.4, 0.5) is 10.1 Å². The molecule has 1 aliphatic heterocycles. The van der Waals surface area contributed by atoms with Crippen LogP contribution in [-0.4, -0.2) is 45.2 Å². The number of rotatable bonds is 9. The summed E-state index contributed by atoms with van der Waals surface area (Å²) in [4.78, 5) is 24.4. The number of halogens is 1. The number of hydrogen-bond donors (Lipinski definition) is 2. The van der Waals surface area contributed by atoms with Crippen LogP contribution < -0.4 is 10.2 Å². The van der Waals surface area contributed by atoms with Crippen LogP contribution >= 0.6 is 0 Å². The number of anilines is 1. The molecule has 1 fully saturated rings. The third kappa shape index (κ3) is 6.02. The van der Waals surface area contributed by atoms with Crippen molar-refractivity contribution in [2.24, 2.45) is 5.92 Å². The summed E-state index contributed by atoms with van der Waals surface area (Å²) in [5.74, 6) is 0.878. The average molecular weight is 516 g/mol. The van der Waals surface area contributed by atoms with Crippen molar-refractivity contribution in [1.29, 1.82) is 0 Å². The molecule has 198 valence electrons. The smallest absolute Gasteiger partial charge is 0.220 e. The molecule has 1 atom stereocenters. The molecule has 5 rings (SSSR count). The molecule has 4 aromatic rings. The molecule has 1 aliphatic rings. The summed E-state index contributed by atoms with van der Waals surface area (Å²) in [6.45, 7) is 4.68. The van der Waals surface area contributed by atoms with E-state index in [-0.39, 0.29) is 24.4 Å². The minimum Gasteiger partial charge on any atom is -0.396 e. The Bertz CT molecular complexity index is 1360. The topological polar surface area (TPSA) is 83.3 Å². The highest BCUT2D eigenvalue weighted by Crippen LogP contribution is 2.25. The predicted octanol–water partition coefficient (Wildman–Crippen LogP) is 4.64. The van der Waals surface area contributed by atoms with Crippen molar-refractivity contribution in [3.8, 4) is 0 Å². The van der Waals surface area contributed by atoms with Crippen molar-refractivity contribution < 1.29 is 14.3 Å². The Morgan fingerprint density at radius 3 is 2.55 bits per heavy atom. The molecule has 1 amide bonds. The Morgan fingerprint density at radius 1 is 1.11 bits per heavy atom. The van der Waals surface area contributed by atoms with E-state index in [1.54, 1.807) is 18.3 Å². The lowest BCUT2D eigenvalue weighted by molar-refractivity contribution is -0.121. The van der Waals surface area contributed by atoms with Gasteiger partial charge < -0.3 is 19.9 Å². The van der Waals surface area contributed by atoms with Gasteiger partial charge in [-0.1, -0.05) is 24.3 Å². The molecule has 1 saturated heterocycles. The van der Waals surface area contributed by atoms with Crippen molar-refractivity contribution in [2.75, 3.05) is 24.6 Å². The fourth-order valence-electron chi connectivity index (χ4n) is 5.10. The number of carbonyl (C=O) groups excluding carboxylic acids is 1. The first kappa shape index (κ1) is 25.9. The zero-order valence-corrected chi connectivity index (χ0v) is 21.7. The minimum atomic E-state index is -0.272. The van der Waals surface area contributed by atoms with Gasteiger partial charge in [-0.05, 0) is 73.2 Å². The minimum absolute atomic E-state index is 0.0407. The second-order valence-electron chi connectivity index (χ2n) is 10.1. The largest absolute Gasteiger partial charge is 0.396 e. The highest BCUT2D eigenvalue weighted by atomic mass is 19.1. The van der Waals surface area contributed by atoms with Crippen LogP contribution in [0.3, 0.4) is 0 Å². The standard InChI is InChI=1S/C30H34FN5O2/c1-21(24-6-10-26(11-7-24)35-17-14-23(20-37)15-18-35)33-29(38)13-12-28-34-27-3-2-16-32-30(27)36(28)19-22-4-8-25(31)9-5-22/h2-11,16,21,23,37H,12-15,17-20H2,1H3,(H,33,38). The maximum Gasteiger partial charge on any atom is 0.220 e. The normalized spacial score (nSPS) is 15.1. The van der Waals surface area contributed by atoms with E-state index in [0.717, 1.165) is 54.0 Å². The van der Waals surface area contributed by atoms with Gasteiger partial charge in [0, 0.05) is 44.4 Å². The Kier molecular flexibility index (Phi) is 7.98. The summed E-state index contributed by atoms with van der Waals surface area (Å²) in [6, 6.07) is 18.4. The van der Waals surface area contributed by atoms with Gasteiger partial charge in [-0.2, -0.15) is 0 Å². The molecule has 2 aromatic carbocycles. The van der Waals surface area contributed by atoms with E-state index >= 15 is 0 Å². The predicted molar refractivity (Wildman–Crippen MR) is 146 cm³/mol. The number of carbonyl (C=O) groups is 1. The van der Waals surface area contributed by atoms with Crippen LogP contribution in [0.1, 0.15) is 49.2 Å². The molecule has 0 radical (unpaired) electrons. The molecule has 8 heteroatoms. The molecule has 38 heavy (non-hydrogen) atoms. The number of imidazole rings is 1. The second kappa shape index (κ2) is 11.7. The molecular formula is C30H34FN5O2. The molecule has 7 nitrogen and oxygen atoms in total. The summed E-state index contributed by atoms with van der Waals surface area (Å²) in [7, 11) is 0. The van der Waals surface area contributed by atoms with Crippen molar-refractivity contribution in [2.45, 2.75) is 45.2 Å². The van der Waals surface area contributed by atoms with Gasteiger partial charge in [0.25, 0.3) is 0 Å². The van der Waals surface area contributed by atoms with Gasteiger partial charge in [0.05, 0.1) is 12.6 Å². The van der Waals surface area contributed by atoms with Gasteiger partial charge in [-0.3, -0.25) is 4.79 Å². The SMILES string of the molecule is CC(NC(=O)CCc1nc2cccnc2n1Cc1ccc(F)cc1)c1ccc(N2CCC(CO)CC2)cc1. The number of nitrogens with one attached hydrogen (secondary N) is 1. The lowest BCUT2D eigenvalue weighted by Gasteiger charge is -2.33. The van der Waals surface area contributed by atoms with E-state index in [9.17, 15) is 14.3 Å². The number of amides is 1. The number of aliphatic hydroxyl groups is 1. The maximum atomic E-state index is 13.4. The van der Waals surface area contributed by atoms with E-state index in [4.69, 9.17) is 4.98 Å². The molecule has 0 bridgehead atoms. The van der Waals surface area contributed by atoms with E-state index in [1.165, 1.54) is 17.8 Å². The van der Waals surface area contributed by atoms with Gasteiger partial charge in [-0.15, -0.1) is 0 Å². The number of aromatic nitrogens is 3. The summed E-state index contributed by atoms with van der Waals surface area (Å²) in [6.07, 6.45) is 4.52. The molecule has 1 unspecified atom stereocenters. The average Bonchev–Trinajstić information content (AvgIpc) is 3.30. The zero-order valence-electron chi connectivity index (χ0n) is 21.7. The lowest BCUT2D eigenvalue weighted by atomic mass is 9.97. The summed E-state index contributed by atoms with van der Waals surface area (Å²) in [5, 5.41) is 12.5. The number of benzene rings is 2. The van der Waals surface area contributed by atoms with Crippen molar-refractivity contribution in [1.82, 2.24) is 19.9 Å². The maximum absolute atomic E-state index is 13.4. The molecule has 0 aliphatic carbocycles. The first-order chi connectivity index (χ1) is 18.5. The molecule has 3 heterocycles. The van der Waals surface area contributed by atoms with Crippen molar-refractivity contribution in [3.63, 3.8) is 0 Å². The first-order valence-electron chi connectivity index (χ1n) is 13.3. The van der Waals surface area contributed by atoms with Gasteiger partial charge >= 0.3 is 0 Å². The first-order valence-corrected chi connectivity index (χ1v) is 13.3. The number of pyridine rings is 1. The number of piperidine rings is 1. The summed E-state index contributed by atoms with van der Waals surface area (Å²) < 4.78 is 15.4. The van der Waals surface area contributed by atoms with E-state index in [0.29, 0.717) is 25.3 Å². The van der Waals surface area contributed by atoms with E-state index in [1.807, 2.05) is 23.6 Å². The van der Waals surface area contributed by atoms with Crippen LogP contribution in [0, 0.1) is 11.7 Å². The van der Waals surface area contributed by atoms with E-state index in [2.05, 4.69) is 39.5 Å². The molecular weight excluding hydrogens is 481 g/mol. The molecule has 0 spiro atoms. The number of hydrogen-bond acceptors (Lipinski definition) is 5. The monoisotopic (exact) mass is 515 g/mol. The van der Waals surface area contributed by atoms with Crippen LogP contribution in [0.25, 0.3) is 11.2 Å². The number of fused-ring (bicyclic) bond motifs is 1. The fraction of sp³-hybridized carbons (Fsp3) is 0.367. The van der Waals surface area contributed by atoms with Crippen LogP contribution in [0.5, 0.6) is 0 Å². The van der Waals surface area contributed by atoms with Gasteiger partial charge in [-0.25, -0.2) is 14.4 Å². The second-order valence-corrected chi connectivity index (χ2v) is 10.1. The van der Waals surface area contributed by atoms with E-state index < -0.39 is 0 Å². The van der Waals surface area contributed by atoms with Gasteiger partial charge in [0.1, 0.15) is 17.2 Å². The lowest BCUT2D eigenvalue weighted by Crippen LogP contribution is -2.34. The van der Waals surface area contributed by atoms with Crippen molar-refractivity contribution >= 4 is 22.8 Å². The summed E-state index contributed by atoms with van der Waals surface area (Å²) in [5.41, 5.74) is 4.70. The Balaban J connectivity index is 1.20. The summed E-state index contributed by atoms with van der Waals surface area (Å²) >= 11 is 0. The zero-order chi connectivity index (χ0) is 26.5. The Morgan fingerprint density at radius 2 is 1.84 bits per heavy atom. The number of aliphatic hydroxyl groups excluding tert-OH is 1. The van der Waals surface area contributed by atoms with Crippen molar-refractivity contribution in [3.05, 3.63) is 89.6 Å². The van der Waals surface area contributed by atoms with Gasteiger partial charge in [0.2, 0.25) is 5.91 Å².